The fraction of sp³-hybridized carbons (Fsp3) is 0.956. The summed E-state index contributed by atoms with van der Waals surface area (Å²) in [5.74, 6) is -1.29. The molecular formula is C90H176O17P2. The largest absolute Gasteiger partial charge is 0.472 e. The van der Waals surface area contributed by atoms with Gasteiger partial charge >= 0.3 is 39.5 Å². The zero-order valence-corrected chi connectivity index (χ0v) is 73.5. The number of aliphatic hydroxyl groups excluding tert-OH is 1. The normalized spacial score (nSPS) is 13.7. The molecule has 109 heavy (non-hydrogen) atoms. The van der Waals surface area contributed by atoms with Gasteiger partial charge in [-0.1, -0.05) is 439 Å². The fourth-order valence-electron chi connectivity index (χ4n) is 14.2. The molecule has 2 unspecified atom stereocenters. The second-order valence-corrected chi connectivity index (χ2v) is 35.7. The molecule has 17 nitrogen and oxygen atoms in total. The molecule has 0 heterocycles. The second kappa shape index (κ2) is 82.6. The predicted molar refractivity (Wildman–Crippen MR) is 451 cm³/mol. The highest BCUT2D eigenvalue weighted by molar-refractivity contribution is 7.47. The first-order chi connectivity index (χ1) is 53.0. The van der Waals surface area contributed by atoms with Crippen LogP contribution in [-0.2, 0) is 65.4 Å². The number of unbranched alkanes of at least 4 members (excludes halogenated alkanes) is 62. The molecule has 0 radical (unpaired) electrons. The predicted octanol–water partition coefficient (Wildman–Crippen LogP) is 27.9. The van der Waals surface area contributed by atoms with Crippen LogP contribution in [0.15, 0.2) is 0 Å². The van der Waals surface area contributed by atoms with Crippen LogP contribution >= 0.6 is 15.6 Å². The highest BCUT2D eigenvalue weighted by Crippen LogP contribution is 2.45. The number of hydrogen-bond donors (Lipinski definition) is 3. The van der Waals surface area contributed by atoms with Gasteiger partial charge in [-0.15, -0.1) is 0 Å². The van der Waals surface area contributed by atoms with E-state index in [0.717, 1.165) is 95.8 Å². The molecule has 0 saturated carbocycles. The van der Waals surface area contributed by atoms with Crippen LogP contribution in [0.25, 0.3) is 0 Å². The van der Waals surface area contributed by atoms with Crippen molar-refractivity contribution in [2.45, 2.75) is 509 Å². The molecule has 0 aliphatic carbocycles. The molecule has 3 N–H and O–H groups in total. The summed E-state index contributed by atoms with van der Waals surface area (Å²) in [6.07, 6.45) is 77.8. The summed E-state index contributed by atoms with van der Waals surface area (Å²) in [6, 6.07) is 0. The Morgan fingerprint density at radius 1 is 0.248 bits per heavy atom. The Hall–Kier alpha value is -1.94. The van der Waals surface area contributed by atoms with Crippen LogP contribution in [0.1, 0.15) is 490 Å². The van der Waals surface area contributed by atoms with E-state index in [1.165, 1.54) is 315 Å². The average Bonchev–Trinajstić information content (AvgIpc) is 0.901. The van der Waals surface area contributed by atoms with Gasteiger partial charge in [-0.3, -0.25) is 37.3 Å². The van der Waals surface area contributed by atoms with Gasteiger partial charge in [-0.25, -0.2) is 9.13 Å². The average molecular weight is 1590 g/mol. The van der Waals surface area contributed by atoms with Crippen LogP contribution in [0.5, 0.6) is 0 Å². The van der Waals surface area contributed by atoms with E-state index < -0.39 is 97.5 Å². The molecule has 0 aromatic heterocycles. The lowest BCUT2D eigenvalue weighted by molar-refractivity contribution is -0.161. The summed E-state index contributed by atoms with van der Waals surface area (Å²) < 4.78 is 69.0. The van der Waals surface area contributed by atoms with Crippen molar-refractivity contribution in [2.24, 2.45) is 5.92 Å². The van der Waals surface area contributed by atoms with Crippen molar-refractivity contribution < 1.29 is 80.2 Å². The zero-order chi connectivity index (χ0) is 79.7. The highest BCUT2D eigenvalue weighted by Gasteiger charge is 2.31. The van der Waals surface area contributed by atoms with E-state index in [9.17, 15) is 43.2 Å². The first kappa shape index (κ1) is 107. The van der Waals surface area contributed by atoms with Crippen molar-refractivity contribution in [3.63, 3.8) is 0 Å². The van der Waals surface area contributed by atoms with Crippen LogP contribution in [0, 0.1) is 5.92 Å². The number of ether oxygens (including phenoxy) is 4. The third-order valence-corrected chi connectivity index (χ3v) is 23.2. The Labute approximate surface area is 670 Å². The van der Waals surface area contributed by atoms with Crippen LogP contribution in [0.4, 0.5) is 0 Å². The standard InChI is InChI=1S/C90H176O17P2/c1-6-9-12-15-18-21-24-26-28-30-32-33-35-37-41-45-50-55-60-65-70-75-89(94)107-86(80-101-88(93)74-69-64-59-54-49-44-40-36-34-31-29-27-25-22-19-16-13-10-7-2)82-105-109(98,99)103-78-84(91)77-102-108(96,97)104-81-85(79-100-87(92)73-68-63-58-53-47-23-20-17-14-11-8-3)106-90(95)76-71-66-61-56-51-46-42-38-39-43-48-52-57-62-67-72-83(4)5/h83-86,91H,6-82H2,1-5H3,(H,96,97)(H,98,99)/t84-,85+,86+/m0/s1. The van der Waals surface area contributed by atoms with Crippen molar-refractivity contribution >= 4 is 39.5 Å². The summed E-state index contributed by atoms with van der Waals surface area (Å²) in [5.41, 5.74) is 0. The summed E-state index contributed by atoms with van der Waals surface area (Å²) >= 11 is 0. The lowest BCUT2D eigenvalue weighted by Gasteiger charge is -2.21. The summed E-state index contributed by atoms with van der Waals surface area (Å²) in [4.78, 5) is 73.4. The van der Waals surface area contributed by atoms with Gasteiger partial charge in [-0.05, 0) is 31.6 Å². The molecule has 0 aromatic carbocycles. The molecule has 0 aromatic rings. The molecule has 0 fully saturated rings. The number of esters is 4. The minimum atomic E-state index is -4.97. The van der Waals surface area contributed by atoms with Crippen molar-refractivity contribution in [1.82, 2.24) is 0 Å². The van der Waals surface area contributed by atoms with E-state index in [1.807, 2.05) is 0 Å². The van der Waals surface area contributed by atoms with E-state index in [-0.39, 0.29) is 25.7 Å². The fourth-order valence-corrected chi connectivity index (χ4v) is 15.8. The Morgan fingerprint density at radius 3 is 0.624 bits per heavy atom. The van der Waals surface area contributed by atoms with Crippen molar-refractivity contribution in [2.75, 3.05) is 39.6 Å². The van der Waals surface area contributed by atoms with Crippen molar-refractivity contribution in [1.29, 1.82) is 0 Å². The zero-order valence-electron chi connectivity index (χ0n) is 71.7. The van der Waals surface area contributed by atoms with Gasteiger partial charge in [0.25, 0.3) is 0 Å². The molecule has 0 saturated heterocycles. The van der Waals surface area contributed by atoms with Crippen LogP contribution in [-0.4, -0.2) is 96.7 Å². The quantitative estimate of drug-likeness (QED) is 0.0222. The third kappa shape index (κ3) is 83.8. The monoisotopic (exact) mass is 1590 g/mol. The number of aliphatic hydroxyl groups is 1. The van der Waals surface area contributed by atoms with E-state index >= 15 is 0 Å². The minimum absolute atomic E-state index is 0.109. The highest BCUT2D eigenvalue weighted by atomic mass is 31.2. The lowest BCUT2D eigenvalue weighted by Crippen LogP contribution is -2.30. The smallest absolute Gasteiger partial charge is 0.462 e. The molecule has 0 aliphatic rings. The molecule has 0 bridgehead atoms. The first-order valence-electron chi connectivity index (χ1n) is 46.6. The summed E-state index contributed by atoms with van der Waals surface area (Å²) in [5, 5.41) is 10.7. The van der Waals surface area contributed by atoms with E-state index in [2.05, 4.69) is 34.6 Å². The maximum Gasteiger partial charge on any atom is 0.472 e. The Balaban J connectivity index is 5.23. The lowest BCUT2D eigenvalue weighted by atomic mass is 10.0. The number of phosphoric ester groups is 2. The van der Waals surface area contributed by atoms with Gasteiger partial charge in [0.15, 0.2) is 12.2 Å². The van der Waals surface area contributed by atoms with E-state index in [4.69, 9.17) is 37.0 Å². The van der Waals surface area contributed by atoms with Gasteiger partial charge in [0.2, 0.25) is 0 Å². The summed E-state index contributed by atoms with van der Waals surface area (Å²) in [7, 11) is -9.93. The van der Waals surface area contributed by atoms with Gasteiger partial charge in [0, 0.05) is 25.7 Å². The van der Waals surface area contributed by atoms with Crippen LogP contribution < -0.4 is 0 Å². The van der Waals surface area contributed by atoms with Crippen molar-refractivity contribution in [3.05, 3.63) is 0 Å². The molecule has 5 atom stereocenters. The maximum atomic E-state index is 13.2. The molecule has 19 heteroatoms. The minimum Gasteiger partial charge on any atom is -0.462 e. The molecule has 0 aliphatic heterocycles. The van der Waals surface area contributed by atoms with Crippen LogP contribution in [0.2, 0.25) is 0 Å². The van der Waals surface area contributed by atoms with Crippen LogP contribution in [0.3, 0.4) is 0 Å². The number of carbonyl (C=O) groups is 4. The van der Waals surface area contributed by atoms with Gasteiger partial charge in [0.05, 0.1) is 26.4 Å². The SMILES string of the molecule is CCCCCCCCCCCCCCCCCCCCCCCC(=O)O[C@H](COC(=O)CCCCCCCCCCCCCCCCCCCCC)COP(=O)(O)OC[C@@H](O)COP(=O)(O)OC[C@@H](COC(=O)CCCCCCCCCCCCC)OC(=O)CCCCCCCCCCCCCCCCCC(C)C. The van der Waals surface area contributed by atoms with Crippen molar-refractivity contribution in [3.8, 4) is 0 Å². The molecule has 0 rings (SSSR count). The first-order valence-corrected chi connectivity index (χ1v) is 49.6. The molecule has 648 valence electrons. The third-order valence-electron chi connectivity index (χ3n) is 21.3. The van der Waals surface area contributed by atoms with Gasteiger partial charge in [0.1, 0.15) is 19.3 Å². The second-order valence-electron chi connectivity index (χ2n) is 32.8. The number of carbonyl (C=O) groups excluding carboxylic acids is 4. The molecule has 0 amide bonds. The topological polar surface area (TPSA) is 237 Å². The number of rotatable bonds is 90. The van der Waals surface area contributed by atoms with E-state index in [1.54, 1.807) is 0 Å². The van der Waals surface area contributed by atoms with E-state index in [0.29, 0.717) is 25.7 Å². The molecule has 0 spiro atoms. The Bertz CT molecular complexity index is 2070. The summed E-state index contributed by atoms with van der Waals surface area (Å²) in [6.45, 7) is 7.41. The number of hydrogen-bond acceptors (Lipinski definition) is 15. The number of phosphoric acid groups is 2. The maximum absolute atomic E-state index is 13.2. The van der Waals surface area contributed by atoms with Gasteiger partial charge < -0.3 is 33.8 Å². The Morgan fingerprint density at radius 2 is 0.422 bits per heavy atom. The Kier molecular flexibility index (Phi) is 81.1. The van der Waals surface area contributed by atoms with Gasteiger partial charge in [-0.2, -0.15) is 0 Å². The molecular weight excluding hydrogens is 1410 g/mol.